The zero-order chi connectivity index (χ0) is 18.8. The summed E-state index contributed by atoms with van der Waals surface area (Å²) < 4.78 is 50.0. The predicted octanol–water partition coefficient (Wildman–Crippen LogP) is 1.40. The molecule has 0 aliphatic carbocycles. The second kappa shape index (κ2) is 7.18. The van der Waals surface area contributed by atoms with E-state index < -0.39 is 25.9 Å². The van der Waals surface area contributed by atoms with Crippen molar-refractivity contribution in [3.63, 3.8) is 0 Å². The molecule has 0 aromatic heterocycles. The molecule has 2 aromatic rings. The van der Waals surface area contributed by atoms with Gasteiger partial charge in [-0.05, 0) is 42.8 Å². The second-order valence-corrected chi connectivity index (χ2v) is 10.0. The van der Waals surface area contributed by atoms with E-state index in [0.717, 1.165) is 0 Å². The van der Waals surface area contributed by atoms with Crippen molar-refractivity contribution in [3.8, 4) is 0 Å². The van der Waals surface area contributed by atoms with E-state index in [9.17, 15) is 21.6 Å². The normalized spacial score (nSPS) is 19.2. The molecule has 1 heterocycles. The molecule has 2 N–H and O–H groups in total. The Bertz CT molecular complexity index is 1000. The number of para-hydroxylation sites is 1. The highest BCUT2D eigenvalue weighted by atomic mass is 32.2. The highest BCUT2D eigenvalue weighted by Crippen LogP contribution is 2.17. The minimum Gasteiger partial charge on any atom is -0.322 e. The van der Waals surface area contributed by atoms with Gasteiger partial charge in [-0.15, -0.1) is 0 Å². The zero-order valence-corrected chi connectivity index (χ0v) is 15.4. The Balaban J connectivity index is 1.69. The lowest BCUT2D eigenvalue weighted by Crippen LogP contribution is -2.35. The van der Waals surface area contributed by atoms with Crippen LogP contribution < -0.4 is 10.0 Å². The van der Waals surface area contributed by atoms with Gasteiger partial charge in [0.15, 0.2) is 9.84 Å². The molecule has 138 valence electrons. The first-order chi connectivity index (χ1) is 12.3. The molecular formula is C17H18N2O5S2. The molecule has 1 unspecified atom stereocenters. The van der Waals surface area contributed by atoms with Crippen LogP contribution in [0.5, 0.6) is 0 Å². The van der Waals surface area contributed by atoms with E-state index in [0.29, 0.717) is 11.3 Å². The number of hydrogen-bond donors (Lipinski definition) is 2. The molecule has 26 heavy (non-hydrogen) atoms. The van der Waals surface area contributed by atoms with Crippen LogP contribution in [0, 0.1) is 0 Å². The number of anilines is 1. The molecule has 7 nitrogen and oxygen atoms in total. The average molecular weight is 394 g/mol. The van der Waals surface area contributed by atoms with Gasteiger partial charge in [0.25, 0.3) is 5.91 Å². The lowest BCUT2D eigenvalue weighted by molar-refractivity contribution is 0.102. The van der Waals surface area contributed by atoms with Crippen LogP contribution in [-0.4, -0.2) is 40.3 Å². The number of benzene rings is 2. The third-order valence-corrected chi connectivity index (χ3v) is 7.32. The lowest BCUT2D eigenvalue weighted by Gasteiger charge is -2.12. The average Bonchev–Trinajstić information content (AvgIpc) is 2.93. The summed E-state index contributed by atoms with van der Waals surface area (Å²) in [5.41, 5.74) is 0.953. The van der Waals surface area contributed by atoms with Crippen molar-refractivity contribution in [1.29, 1.82) is 0 Å². The number of nitrogens with one attached hydrogen (secondary N) is 2. The van der Waals surface area contributed by atoms with Gasteiger partial charge in [-0.3, -0.25) is 4.79 Å². The Morgan fingerprint density at radius 1 is 1.00 bits per heavy atom. The maximum atomic E-state index is 12.4. The first kappa shape index (κ1) is 18.6. The van der Waals surface area contributed by atoms with E-state index in [1.165, 1.54) is 24.3 Å². The Kier molecular flexibility index (Phi) is 5.12. The van der Waals surface area contributed by atoms with Crippen LogP contribution in [0.2, 0.25) is 0 Å². The number of carbonyl (C=O) groups excluding carboxylic acids is 1. The smallest absolute Gasteiger partial charge is 0.255 e. The van der Waals surface area contributed by atoms with Crippen molar-refractivity contribution in [2.45, 2.75) is 17.4 Å². The number of sulfonamides is 1. The minimum absolute atomic E-state index is 0.0151. The van der Waals surface area contributed by atoms with E-state index >= 15 is 0 Å². The quantitative estimate of drug-likeness (QED) is 0.797. The van der Waals surface area contributed by atoms with Crippen molar-refractivity contribution in [1.82, 2.24) is 4.72 Å². The van der Waals surface area contributed by atoms with Crippen molar-refractivity contribution in [2.24, 2.45) is 0 Å². The molecule has 1 fully saturated rings. The van der Waals surface area contributed by atoms with E-state index in [1.54, 1.807) is 24.3 Å². The summed E-state index contributed by atoms with van der Waals surface area (Å²) in [6.07, 6.45) is 0.263. The molecule has 1 atom stereocenters. The second-order valence-electron chi connectivity index (χ2n) is 6.07. The van der Waals surface area contributed by atoms with E-state index in [1.807, 2.05) is 6.07 Å². The van der Waals surface area contributed by atoms with Gasteiger partial charge in [-0.25, -0.2) is 21.6 Å². The van der Waals surface area contributed by atoms with Crippen LogP contribution in [0.3, 0.4) is 0 Å². The van der Waals surface area contributed by atoms with Crippen LogP contribution in [0.1, 0.15) is 16.8 Å². The first-order valence-corrected chi connectivity index (χ1v) is 11.2. The summed E-state index contributed by atoms with van der Waals surface area (Å²) in [5, 5.41) is 2.71. The Labute approximate surface area is 152 Å². The van der Waals surface area contributed by atoms with E-state index in [2.05, 4.69) is 10.0 Å². The number of rotatable bonds is 5. The molecule has 1 saturated heterocycles. The molecule has 9 heteroatoms. The highest BCUT2D eigenvalue weighted by molar-refractivity contribution is 7.92. The molecule has 0 radical (unpaired) electrons. The van der Waals surface area contributed by atoms with Crippen LogP contribution in [-0.2, 0) is 19.9 Å². The molecular weight excluding hydrogens is 376 g/mol. The van der Waals surface area contributed by atoms with Crippen LogP contribution in [0.25, 0.3) is 0 Å². The molecule has 0 bridgehead atoms. The summed E-state index contributed by atoms with van der Waals surface area (Å²) in [5.74, 6) is -0.558. The summed E-state index contributed by atoms with van der Waals surface area (Å²) in [4.78, 5) is 12.2. The standard InChI is InChI=1S/C17H18N2O5S2/c20-17(18-14-4-2-1-3-5-14)13-6-8-16(9-7-13)26(23,24)19-15-10-11-25(21,22)12-15/h1-9,15,19H,10-12H2,(H,18,20). The molecule has 0 saturated carbocycles. The van der Waals surface area contributed by atoms with Crippen molar-refractivity contribution in [3.05, 3.63) is 60.2 Å². The highest BCUT2D eigenvalue weighted by Gasteiger charge is 2.31. The molecule has 2 aromatic carbocycles. The SMILES string of the molecule is O=C(Nc1ccccc1)c1ccc(S(=O)(=O)NC2CCS(=O)(=O)C2)cc1. The van der Waals surface area contributed by atoms with Crippen molar-refractivity contribution in [2.75, 3.05) is 16.8 Å². The van der Waals surface area contributed by atoms with Crippen molar-refractivity contribution < 1.29 is 21.6 Å². The Morgan fingerprint density at radius 3 is 2.23 bits per heavy atom. The maximum absolute atomic E-state index is 12.4. The minimum atomic E-state index is -3.84. The zero-order valence-electron chi connectivity index (χ0n) is 13.8. The van der Waals surface area contributed by atoms with Crippen LogP contribution in [0.15, 0.2) is 59.5 Å². The predicted molar refractivity (Wildman–Crippen MR) is 98.2 cm³/mol. The molecule has 1 aliphatic heterocycles. The fourth-order valence-corrected chi connectivity index (χ4v) is 5.73. The summed E-state index contributed by atoms with van der Waals surface area (Å²) in [6, 6.07) is 13.8. The Morgan fingerprint density at radius 2 is 1.65 bits per heavy atom. The van der Waals surface area contributed by atoms with Gasteiger partial charge in [-0.1, -0.05) is 18.2 Å². The van der Waals surface area contributed by atoms with Gasteiger partial charge in [0.2, 0.25) is 10.0 Å². The van der Waals surface area contributed by atoms with E-state index in [-0.39, 0.29) is 28.7 Å². The number of amides is 1. The number of carbonyl (C=O) groups is 1. The first-order valence-electron chi connectivity index (χ1n) is 7.94. The molecule has 0 spiro atoms. The summed E-state index contributed by atoms with van der Waals surface area (Å²) in [7, 11) is -7.02. The van der Waals surface area contributed by atoms with Gasteiger partial charge < -0.3 is 5.32 Å². The summed E-state index contributed by atoms with van der Waals surface area (Å²) in [6.45, 7) is 0. The van der Waals surface area contributed by atoms with Crippen molar-refractivity contribution >= 4 is 31.5 Å². The summed E-state index contributed by atoms with van der Waals surface area (Å²) >= 11 is 0. The fourth-order valence-electron chi connectivity index (χ4n) is 2.69. The van der Waals surface area contributed by atoms with E-state index in [4.69, 9.17) is 0 Å². The molecule has 1 amide bonds. The fraction of sp³-hybridized carbons (Fsp3) is 0.235. The maximum Gasteiger partial charge on any atom is 0.255 e. The van der Waals surface area contributed by atoms with Gasteiger partial charge in [0.1, 0.15) is 0 Å². The van der Waals surface area contributed by atoms with Crippen LogP contribution in [0.4, 0.5) is 5.69 Å². The topological polar surface area (TPSA) is 109 Å². The third-order valence-electron chi connectivity index (χ3n) is 4.01. The number of sulfone groups is 1. The van der Waals surface area contributed by atoms with Gasteiger partial charge >= 0.3 is 0 Å². The monoisotopic (exact) mass is 394 g/mol. The van der Waals surface area contributed by atoms with Gasteiger partial charge in [0.05, 0.1) is 16.4 Å². The molecule has 1 aliphatic rings. The van der Waals surface area contributed by atoms with Gasteiger partial charge in [-0.2, -0.15) is 0 Å². The third kappa shape index (κ3) is 4.48. The van der Waals surface area contributed by atoms with Gasteiger partial charge in [0, 0.05) is 17.3 Å². The van der Waals surface area contributed by atoms with Crippen LogP contribution >= 0.6 is 0 Å². The molecule has 3 rings (SSSR count). The number of hydrogen-bond acceptors (Lipinski definition) is 5. The largest absolute Gasteiger partial charge is 0.322 e. The lowest BCUT2D eigenvalue weighted by atomic mass is 10.2. The Hall–Kier alpha value is -2.23.